The van der Waals surface area contributed by atoms with E-state index in [1.807, 2.05) is 19.1 Å². The van der Waals surface area contributed by atoms with Gasteiger partial charge in [-0.05, 0) is 45.4 Å². The van der Waals surface area contributed by atoms with Crippen LogP contribution >= 0.6 is 0 Å². The lowest BCUT2D eigenvalue weighted by Crippen LogP contribution is -2.29. The second-order valence-electron chi connectivity index (χ2n) is 4.74. The molecule has 102 valence electrons. The van der Waals surface area contributed by atoms with Crippen LogP contribution in [-0.2, 0) is 6.42 Å². The Bertz CT molecular complexity index is 352. The molecule has 0 saturated carbocycles. The van der Waals surface area contributed by atoms with Crippen molar-refractivity contribution in [2.75, 3.05) is 13.1 Å². The molecule has 0 fully saturated rings. The van der Waals surface area contributed by atoms with E-state index in [1.165, 1.54) is 12.8 Å². The number of aryl methyl sites for hydroxylation is 2. The van der Waals surface area contributed by atoms with Gasteiger partial charge in [0.25, 0.3) is 0 Å². The maximum atomic E-state index is 5.95. The topological polar surface area (TPSA) is 34.1 Å². The van der Waals surface area contributed by atoms with Gasteiger partial charge in [-0.15, -0.1) is 0 Å². The number of ether oxygens (including phenoxy) is 1. The van der Waals surface area contributed by atoms with Crippen molar-refractivity contribution in [2.45, 2.75) is 53.1 Å². The van der Waals surface area contributed by atoms with E-state index in [0.717, 1.165) is 36.6 Å². The predicted molar refractivity (Wildman–Crippen MR) is 76.2 cm³/mol. The van der Waals surface area contributed by atoms with Crippen molar-refractivity contribution in [1.29, 1.82) is 0 Å². The second kappa shape index (κ2) is 8.09. The number of pyridine rings is 1. The lowest BCUT2D eigenvalue weighted by Gasteiger charge is -2.17. The molecule has 0 bridgehead atoms. The average Bonchev–Trinajstić information content (AvgIpc) is 2.37. The smallest absolute Gasteiger partial charge is 0.141 e. The Balaban J connectivity index is 2.45. The maximum absolute atomic E-state index is 5.95. The monoisotopic (exact) mass is 250 g/mol. The van der Waals surface area contributed by atoms with Crippen molar-refractivity contribution in [3.8, 4) is 5.75 Å². The number of hydrogen-bond donors (Lipinski definition) is 1. The summed E-state index contributed by atoms with van der Waals surface area (Å²) in [5.74, 6) is 0.924. The van der Waals surface area contributed by atoms with E-state index in [2.05, 4.69) is 31.1 Å². The minimum atomic E-state index is 0.177. The highest BCUT2D eigenvalue weighted by molar-refractivity contribution is 5.29. The van der Waals surface area contributed by atoms with E-state index in [4.69, 9.17) is 4.74 Å². The highest BCUT2D eigenvalue weighted by atomic mass is 16.5. The number of nitrogens with one attached hydrogen (secondary N) is 1. The van der Waals surface area contributed by atoms with Crippen LogP contribution in [0.4, 0.5) is 0 Å². The summed E-state index contributed by atoms with van der Waals surface area (Å²) >= 11 is 0. The molecular weight excluding hydrogens is 224 g/mol. The van der Waals surface area contributed by atoms with Crippen molar-refractivity contribution < 1.29 is 4.74 Å². The highest BCUT2D eigenvalue weighted by Crippen LogP contribution is 2.18. The third-order valence-electron chi connectivity index (χ3n) is 2.87. The van der Waals surface area contributed by atoms with Gasteiger partial charge in [-0.3, -0.25) is 4.98 Å². The molecule has 0 spiro atoms. The Morgan fingerprint density at radius 2 is 2.11 bits per heavy atom. The average molecular weight is 250 g/mol. The number of hydrogen-bond acceptors (Lipinski definition) is 3. The number of nitrogens with zero attached hydrogens (tertiary/aromatic N) is 1. The summed E-state index contributed by atoms with van der Waals surface area (Å²) in [5, 5.41) is 3.41. The van der Waals surface area contributed by atoms with Gasteiger partial charge in [0.05, 0.1) is 5.69 Å². The zero-order valence-electron chi connectivity index (χ0n) is 12.1. The molecule has 0 saturated heterocycles. The molecular formula is C15H26N2O. The van der Waals surface area contributed by atoms with Gasteiger partial charge in [0, 0.05) is 12.2 Å². The third-order valence-corrected chi connectivity index (χ3v) is 2.87. The summed E-state index contributed by atoms with van der Waals surface area (Å²) in [4.78, 5) is 4.51. The molecule has 1 aromatic rings. The zero-order valence-corrected chi connectivity index (χ0v) is 12.1. The van der Waals surface area contributed by atoms with Crippen LogP contribution in [0.3, 0.4) is 0 Å². The molecule has 1 N–H and O–H groups in total. The molecule has 0 amide bonds. The van der Waals surface area contributed by atoms with Crippen LogP contribution < -0.4 is 10.1 Å². The molecule has 1 rings (SSSR count). The molecule has 0 aliphatic carbocycles. The Hall–Kier alpha value is -1.09. The third kappa shape index (κ3) is 5.05. The number of rotatable bonds is 8. The fraction of sp³-hybridized carbons (Fsp3) is 0.667. The molecule has 0 aromatic carbocycles. The first-order chi connectivity index (χ1) is 8.67. The van der Waals surface area contributed by atoms with E-state index >= 15 is 0 Å². The first kappa shape index (κ1) is 15.0. The first-order valence-corrected chi connectivity index (χ1v) is 7.01. The maximum Gasteiger partial charge on any atom is 0.141 e. The molecule has 1 unspecified atom stereocenters. The summed E-state index contributed by atoms with van der Waals surface area (Å²) in [6.07, 6.45) is 3.53. The zero-order chi connectivity index (χ0) is 13.4. The molecule has 0 aliphatic heterocycles. The van der Waals surface area contributed by atoms with Gasteiger partial charge in [-0.2, -0.15) is 0 Å². The summed E-state index contributed by atoms with van der Waals surface area (Å²) < 4.78 is 5.95. The normalized spacial score (nSPS) is 12.4. The van der Waals surface area contributed by atoms with Gasteiger partial charge in [-0.1, -0.05) is 20.3 Å². The fourth-order valence-electron chi connectivity index (χ4n) is 1.82. The first-order valence-electron chi connectivity index (χ1n) is 7.01. The lowest BCUT2D eigenvalue weighted by molar-refractivity contribution is 0.214. The number of aromatic nitrogens is 1. The SMILES string of the molecule is CCCCNCC(C)Oc1ccc(C)nc1CC. The summed E-state index contributed by atoms with van der Waals surface area (Å²) in [6.45, 7) is 10.4. The van der Waals surface area contributed by atoms with Crippen molar-refractivity contribution in [3.63, 3.8) is 0 Å². The summed E-state index contributed by atoms with van der Waals surface area (Å²) in [5.41, 5.74) is 2.10. The molecule has 3 heteroatoms. The van der Waals surface area contributed by atoms with E-state index in [9.17, 15) is 0 Å². The minimum Gasteiger partial charge on any atom is -0.487 e. The molecule has 0 radical (unpaired) electrons. The molecule has 18 heavy (non-hydrogen) atoms. The van der Waals surface area contributed by atoms with Crippen LogP contribution in [0, 0.1) is 6.92 Å². The Morgan fingerprint density at radius 1 is 1.33 bits per heavy atom. The van der Waals surface area contributed by atoms with Gasteiger partial charge >= 0.3 is 0 Å². The number of unbranched alkanes of at least 4 members (excludes halogenated alkanes) is 1. The standard InChI is InChI=1S/C15H26N2O/c1-5-7-10-16-11-13(4)18-15-9-8-12(3)17-14(15)6-2/h8-9,13,16H,5-7,10-11H2,1-4H3. The van der Waals surface area contributed by atoms with Crippen molar-refractivity contribution in [3.05, 3.63) is 23.5 Å². The Morgan fingerprint density at radius 3 is 2.78 bits per heavy atom. The van der Waals surface area contributed by atoms with Crippen molar-refractivity contribution in [2.24, 2.45) is 0 Å². The summed E-state index contributed by atoms with van der Waals surface area (Å²) in [7, 11) is 0. The van der Waals surface area contributed by atoms with Crippen LogP contribution in [0.25, 0.3) is 0 Å². The van der Waals surface area contributed by atoms with E-state index < -0.39 is 0 Å². The van der Waals surface area contributed by atoms with Gasteiger partial charge in [0.2, 0.25) is 0 Å². The van der Waals surface area contributed by atoms with Crippen LogP contribution in [0.15, 0.2) is 12.1 Å². The Labute approximate surface area is 111 Å². The highest BCUT2D eigenvalue weighted by Gasteiger charge is 2.08. The second-order valence-corrected chi connectivity index (χ2v) is 4.74. The fourth-order valence-corrected chi connectivity index (χ4v) is 1.82. The van der Waals surface area contributed by atoms with Gasteiger partial charge in [0.15, 0.2) is 0 Å². The van der Waals surface area contributed by atoms with Crippen LogP contribution in [0.5, 0.6) is 5.75 Å². The van der Waals surface area contributed by atoms with E-state index in [1.54, 1.807) is 0 Å². The van der Waals surface area contributed by atoms with Crippen LogP contribution in [-0.4, -0.2) is 24.2 Å². The minimum absolute atomic E-state index is 0.177. The Kier molecular flexibility index (Phi) is 6.73. The lowest BCUT2D eigenvalue weighted by atomic mass is 10.2. The van der Waals surface area contributed by atoms with Crippen molar-refractivity contribution in [1.82, 2.24) is 10.3 Å². The predicted octanol–water partition coefficient (Wildman–Crippen LogP) is 3.11. The van der Waals surface area contributed by atoms with Crippen LogP contribution in [0.1, 0.15) is 45.0 Å². The molecule has 1 atom stereocenters. The van der Waals surface area contributed by atoms with Gasteiger partial charge in [0.1, 0.15) is 11.9 Å². The van der Waals surface area contributed by atoms with Gasteiger partial charge < -0.3 is 10.1 Å². The quantitative estimate of drug-likeness (QED) is 0.720. The molecule has 1 aromatic heterocycles. The van der Waals surface area contributed by atoms with E-state index in [0.29, 0.717) is 0 Å². The van der Waals surface area contributed by atoms with E-state index in [-0.39, 0.29) is 6.10 Å². The van der Waals surface area contributed by atoms with Crippen molar-refractivity contribution >= 4 is 0 Å². The largest absolute Gasteiger partial charge is 0.487 e. The summed E-state index contributed by atoms with van der Waals surface area (Å²) in [6, 6.07) is 4.04. The molecule has 1 heterocycles. The molecule has 0 aliphatic rings. The van der Waals surface area contributed by atoms with Gasteiger partial charge in [-0.25, -0.2) is 0 Å². The van der Waals surface area contributed by atoms with Crippen LogP contribution in [0.2, 0.25) is 0 Å². The molecule has 3 nitrogen and oxygen atoms in total.